The van der Waals surface area contributed by atoms with Crippen LogP contribution in [-0.4, -0.2) is 92.0 Å². The molecule has 2 bridgehead atoms. The maximum atomic E-state index is 14.6. The average molecular weight is 615 g/mol. The van der Waals surface area contributed by atoms with Gasteiger partial charge in [0.2, 0.25) is 0 Å². The number of halogens is 2. The molecule has 0 aliphatic carbocycles. The van der Waals surface area contributed by atoms with Gasteiger partial charge in [0.25, 0.3) is 0 Å². The normalized spacial score (nSPS) is 30.6. The Morgan fingerprint density at radius 2 is 2.02 bits per heavy atom. The molecular formula is C28H32F2N8O2S2. The number of anilines is 2. The van der Waals surface area contributed by atoms with E-state index in [0.717, 1.165) is 56.7 Å². The molecule has 8 rings (SSSR count). The Balaban J connectivity index is 1.23. The number of nitrogens with two attached hydrogens (primary N) is 1. The van der Waals surface area contributed by atoms with Gasteiger partial charge in [-0.3, -0.25) is 9.21 Å². The average Bonchev–Trinajstić information content (AvgIpc) is 3.71. The molecule has 14 heteroatoms. The summed E-state index contributed by atoms with van der Waals surface area (Å²) in [4.78, 5) is 19.0. The van der Waals surface area contributed by atoms with Gasteiger partial charge in [-0.15, -0.1) is 0 Å². The zero-order chi connectivity index (χ0) is 28.7. The molecule has 5 atom stereocenters. The number of fused-ring (bicyclic) bond motifs is 5. The van der Waals surface area contributed by atoms with Crippen LogP contribution in [0.1, 0.15) is 43.4 Å². The minimum atomic E-state index is -1.66. The molecule has 3 aromatic rings. The van der Waals surface area contributed by atoms with Gasteiger partial charge in [0.1, 0.15) is 23.5 Å². The molecule has 0 amide bonds. The monoisotopic (exact) mass is 614 g/mol. The van der Waals surface area contributed by atoms with E-state index in [4.69, 9.17) is 20.4 Å². The molecule has 4 saturated heterocycles. The van der Waals surface area contributed by atoms with Gasteiger partial charge in [0.05, 0.1) is 27.1 Å². The Morgan fingerprint density at radius 3 is 2.83 bits per heavy atom. The quantitative estimate of drug-likeness (QED) is 0.448. The molecule has 0 saturated carbocycles. The van der Waals surface area contributed by atoms with Crippen molar-refractivity contribution in [2.24, 2.45) is 0 Å². The molecule has 5 aliphatic heterocycles. The number of alkyl halides is 1. The summed E-state index contributed by atoms with van der Waals surface area (Å²) >= 11 is 1.08. The highest BCUT2D eigenvalue weighted by atomic mass is 32.2. The number of benzene rings is 1. The molecule has 5 aliphatic rings. The van der Waals surface area contributed by atoms with Crippen LogP contribution in [0.2, 0.25) is 0 Å². The third-order valence-electron chi connectivity index (χ3n) is 9.42. The minimum Gasteiger partial charge on any atom is -0.461 e. The van der Waals surface area contributed by atoms with Crippen LogP contribution in [0, 0.1) is 5.82 Å². The van der Waals surface area contributed by atoms with Crippen LogP contribution in [0.3, 0.4) is 0 Å². The lowest BCUT2D eigenvalue weighted by molar-refractivity contribution is 0.107. The first kappa shape index (κ1) is 26.7. The fourth-order valence-corrected chi connectivity index (χ4v) is 9.47. The first-order valence-electron chi connectivity index (χ1n) is 14.5. The Labute approximate surface area is 248 Å². The number of nitrogen functional groups attached to an aromatic ring is 1. The maximum Gasteiger partial charge on any atom is 0.319 e. The lowest BCUT2D eigenvalue weighted by Gasteiger charge is -2.36. The number of nitrogens with zero attached hydrogens (tertiary/aromatic N) is 6. The zero-order valence-electron chi connectivity index (χ0n) is 23.2. The summed E-state index contributed by atoms with van der Waals surface area (Å²) in [5.74, 6) is 0.201. The second-order valence-corrected chi connectivity index (χ2v) is 14.5. The summed E-state index contributed by atoms with van der Waals surface area (Å²) < 4.78 is 51.5. The van der Waals surface area contributed by atoms with Crippen molar-refractivity contribution in [1.29, 1.82) is 0 Å². The van der Waals surface area contributed by atoms with Gasteiger partial charge in [-0.05, 0) is 50.4 Å². The van der Waals surface area contributed by atoms with Crippen LogP contribution >= 0.6 is 11.3 Å². The smallest absolute Gasteiger partial charge is 0.319 e. The van der Waals surface area contributed by atoms with Gasteiger partial charge >= 0.3 is 6.01 Å². The van der Waals surface area contributed by atoms with Crippen molar-refractivity contribution in [3.8, 4) is 6.01 Å². The molecule has 10 nitrogen and oxygen atoms in total. The van der Waals surface area contributed by atoms with E-state index in [1.165, 1.54) is 6.07 Å². The highest BCUT2D eigenvalue weighted by molar-refractivity contribution is 7.83. The van der Waals surface area contributed by atoms with Crippen LogP contribution in [0.15, 0.2) is 17.0 Å². The molecule has 3 N–H and O–H groups in total. The Kier molecular flexibility index (Phi) is 6.22. The molecule has 2 aromatic heterocycles. The Morgan fingerprint density at radius 1 is 1.21 bits per heavy atom. The molecule has 7 heterocycles. The first-order valence-corrected chi connectivity index (χ1v) is 16.4. The Hall–Kier alpha value is -2.94. The standard InChI is InChI=1S/C28H32F2N8O2S2/c1-36-21(18-5-6-19(30)23-22(18)34-26(31)41-23)9-20-24(42(36)39)25(37-12-16-3-4-17(13-37)32-16)35-27(33-20)40-14-28-7-2-8-38(28)11-15(29)10-28/h5-6,9,15-17,32H,2-4,7-8,10-14H2,1H3,(H2,31,34)/t15-,16?,17?,28+,42?/m1/s1. The molecule has 1 aromatic carbocycles. The number of aromatic nitrogens is 3. The van der Waals surface area contributed by atoms with Gasteiger partial charge in [0.15, 0.2) is 21.9 Å². The number of thiazole rings is 1. The predicted molar refractivity (Wildman–Crippen MR) is 159 cm³/mol. The van der Waals surface area contributed by atoms with Gasteiger partial charge < -0.3 is 20.7 Å². The fourth-order valence-electron chi connectivity index (χ4n) is 7.49. The highest BCUT2D eigenvalue weighted by Crippen LogP contribution is 2.43. The fraction of sp³-hybridized carbons (Fsp3) is 0.536. The third kappa shape index (κ3) is 4.20. The number of hydrogen-bond donors (Lipinski definition) is 2. The first-order chi connectivity index (χ1) is 20.3. The van der Waals surface area contributed by atoms with Crippen molar-refractivity contribution >= 4 is 55.3 Å². The van der Waals surface area contributed by atoms with Gasteiger partial charge in [-0.2, -0.15) is 9.97 Å². The lowest BCUT2D eigenvalue weighted by Crippen LogP contribution is -2.52. The number of rotatable bonds is 5. The molecule has 0 radical (unpaired) electrons. The lowest BCUT2D eigenvalue weighted by atomic mass is 9.95. The minimum absolute atomic E-state index is 0.192. The zero-order valence-corrected chi connectivity index (χ0v) is 24.8. The summed E-state index contributed by atoms with van der Waals surface area (Å²) in [6, 6.07) is 3.89. The van der Waals surface area contributed by atoms with Crippen molar-refractivity contribution in [1.82, 2.24) is 29.5 Å². The summed E-state index contributed by atoms with van der Waals surface area (Å²) in [5.41, 5.74) is 7.71. The maximum absolute atomic E-state index is 14.6. The summed E-state index contributed by atoms with van der Waals surface area (Å²) in [5, 5.41) is 3.90. The number of ether oxygens (including phenoxy) is 1. The highest BCUT2D eigenvalue weighted by Gasteiger charge is 2.49. The second kappa shape index (κ2) is 9.79. The van der Waals surface area contributed by atoms with E-state index in [1.807, 2.05) is 6.08 Å². The molecule has 222 valence electrons. The van der Waals surface area contributed by atoms with E-state index in [1.54, 1.807) is 17.4 Å². The van der Waals surface area contributed by atoms with Crippen molar-refractivity contribution < 1.29 is 17.7 Å². The third-order valence-corrected chi connectivity index (χ3v) is 11.8. The van der Waals surface area contributed by atoms with Crippen LogP contribution in [-0.2, 0) is 11.0 Å². The van der Waals surface area contributed by atoms with Crippen molar-refractivity contribution in [3.63, 3.8) is 0 Å². The van der Waals surface area contributed by atoms with Crippen LogP contribution < -0.4 is 20.7 Å². The SMILES string of the molecule is CN1C(c2ccc(F)c3sc(N)nc23)=Cc2nc(OC[C@@]34CCCN3C[C@H](F)C4)nc(N3CC4CCC(C3)N4)c2S1=O. The molecule has 0 spiro atoms. The summed E-state index contributed by atoms with van der Waals surface area (Å²) in [6.07, 6.45) is 5.50. The molecule has 4 fully saturated rings. The Bertz CT molecular complexity index is 1640. The number of nitrogens with one attached hydrogen (secondary N) is 1. The van der Waals surface area contributed by atoms with Crippen molar-refractivity contribution in [3.05, 3.63) is 29.2 Å². The largest absolute Gasteiger partial charge is 0.461 e. The van der Waals surface area contributed by atoms with Crippen LogP contribution in [0.25, 0.3) is 22.0 Å². The molecular weight excluding hydrogens is 582 g/mol. The summed E-state index contributed by atoms with van der Waals surface area (Å²) in [6.45, 7) is 3.10. The molecule has 42 heavy (non-hydrogen) atoms. The molecule has 3 unspecified atom stereocenters. The van der Waals surface area contributed by atoms with E-state index < -0.39 is 23.0 Å². The van der Waals surface area contributed by atoms with Crippen LogP contribution in [0.4, 0.5) is 19.7 Å². The second-order valence-electron chi connectivity index (χ2n) is 12.1. The van der Waals surface area contributed by atoms with Crippen molar-refractivity contribution in [2.45, 2.75) is 60.8 Å². The van der Waals surface area contributed by atoms with E-state index >= 15 is 0 Å². The van der Waals surface area contributed by atoms with E-state index in [0.29, 0.717) is 69.5 Å². The van der Waals surface area contributed by atoms with Crippen LogP contribution in [0.5, 0.6) is 6.01 Å². The summed E-state index contributed by atoms with van der Waals surface area (Å²) in [7, 11) is 0.0862. The predicted octanol–water partition coefficient (Wildman–Crippen LogP) is 3.17. The van der Waals surface area contributed by atoms with Crippen molar-refractivity contribution in [2.75, 3.05) is 50.5 Å². The number of piperazine rings is 1. The van der Waals surface area contributed by atoms with Gasteiger partial charge in [-0.25, -0.2) is 18.0 Å². The van der Waals surface area contributed by atoms with E-state index in [9.17, 15) is 13.0 Å². The van der Waals surface area contributed by atoms with Gasteiger partial charge in [-0.1, -0.05) is 11.3 Å². The van der Waals surface area contributed by atoms with E-state index in [-0.39, 0.29) is 16.7 Å². The van der Waals surface area contributed by atoms with E-state index in [2.05, 4.69) is 20.1 Å². The van der Waals surface area contributed by atoms with Gasteiger partial charge in [0, 0.05) is 50.7 Å². The number of hydrogen-bond acceptors (Lipinski definition) is 10. The topological polar surface area (TPSA) is 113 Å².